The third-order valence-corrected chi connectivity index (χ3v) is 7.23. The van der Waals surface area contributed by atoms with Crippen LogP contribution in [0.25, 0.3) is 0 Å². The van der Waals surface area contributed by atoms with Crippen molar-refractivity contribution >= 4 is 15.7 Å². The summed E-state index contributed by atoms with van der Waals surface area (Å²) in [5.74, 6) is 2.90. The van der Waals surface area contributed by atoms with E-state index in [0.29, 0.717) is 10.6 Å². The predicted octanol–water partition coefficient (Wildman–Crippen LogP) is 5.22. The minimum Gasteiger partial charge on any atom is -0.0769 e. The van der Waals surface area contributed by atoms with Gasteiger partial charge in [-0.3, -0.25) is 0 Å². The first-order valence-corrected chi connectivity index (χ1v) is 10.2. The Balaban J connectivity index is 2.72. The van der Waals surface area contributed by atoms with E-state index in [1.165, 1.54) is 64.2 Å². The zero-order valence-electron chi connectivity index (χ0n) is 16.8. The van der Waals surface area contributed by atoms with Crippen LogP contribution in [0.1, 0.15) is 98.8 Å². The van der Waals surface area contributed by atoms with Crippen molar-refractivity contribution < 1.29 is 0 Å². The second kappa shape index (κ2) is 8.84. The normalized spacial score (nSPS) is 24.6. The maximum atomic E-state index is 2.58. The standard InChI is InChI=1S/C20H42B2/c1-6-8-9-13-19(4,5)20(21,22)18(10-7-2)15-17-12-11-16(3)14-17/h16-18H,6-15,21-22H2,1-5H3. The lowest BCUT2D eigenvalue weighted by atomic mass is 9.36. The van der Waals surface area contributed by atoms with Crippen molar-refractivity contribution in [3.63, 3.8) is 0 Å². The highest BCUT2D eigenvalue weighted by atomic mass is 14.4. The Bertz CT molecular complexity index is 309. The number of rotatable bonds is 10. The summed E-state index contributed by atoms with van der Waals surface area (Å²) in [4.78, 5) is 0. The van der Waals surface area contributed by atoms with Gasteiger partial charge >= 0.3 is 0 Å². The molecule has 3 unspecified atom stereocenters. The van der Waals surface area contributed by atoms with Crippen molar-refractivity contribution in [1.29, 1.82) is 0 Å². The van der Waals surface area contributed by atoms with Crippen molar-refractivity contribution in [3.05, 3.63) is 0 Å². The molecule has 0 N–H and O–H groups in total. The molecule has 0 amide bonds. The molecule has 1 saturated carbocycles. The van der Waals surface area contributed by atoms with E-state index in [1.54, 1.807) is 0 Å². The summed E-state index contributed by atoms with van der Waals surface area (Å²) in [7, 11) is 5.16. The molecule has 22 heavy (non-hydrogen) atoms. The SMILES string of the molecule is BC(B)(C(CCC)CC1CCC(C)C1)C(C)(C)CCCCC. The fourth-order valence-electron chi connectivity index (χ4n) is 4.75. The predicted molar refractivity (Wildman–Crippen MR) is 107 cm³/mol. The highest BCUT2D eigenvalue weighted by molar-refractivity contribution is 6.40. The van der Waals surface area contributed by atoms with E-state index in [-0.39, 0.29) is 0 Å². The Kier molecular flexibility index (Phi) is 8.10. The molecule has 0 radical (unpaired) electrons. The number of unbranched alkanes of at least 4 members (excludes halogenated alkanes) is 2. The molecule has 0 aromatic rings. The third-order valence-electron chi connectivity index (χ3n) is 7.23. The van der Waals surface area contributed by atoms with Crippen LogP contribution in [0.15, 0.2) is 0 Å². The van der Waals surface area contributed by atoms with Gasteiger partial charge < -0.3 is 0 Å². The van der Waals surface area contributed by atoms with Crippen LogP contribution < -0.4 is 0 Å². The van der Waals surface area contributed by atoms with Crippen LogP contribution in [0.2, 0.25) is 5.21 Å². The molecular formula is C20H42B2. The summed E-state index contributed by atoms with van der Waals surface area (Å²) < 4.78 is 0. The van der Waals surface area contributed by atoms with Crippen LogP contribution in [0.5, 0.6) is 0 Å². The van der Waals surface area contributed by atoms with Gasteiger partial charge in [0.2, 0.25) is 0 Å². The smallest absolute Gasteiger partial charge is 0.0769 e. The van der Waals surface area contributed by atoms with Gasteiger partial charge in [0, 0.05) is 0 Å². The molecule has 1 aliphatic rings. The topological polar surface area (TPSA) is 0 Å². The highest BCUT2D eigenvalue weighted by Gasteiger charge is 2.42. The summed E-state index contributed by atoms with van der Waals surface area (Å²) in [6, 6.07) is 0. The van der Waals surface area contributed by atoms with E-state index >= 15 is 0 Å². The Morgan fingerprint density at radius 1 is 1.05 bits per heavy atom. The second-order valence-corrected chi connectivity index (χ2v) is 9.57. The average Bonchev–Trinajstić information content (AvgIpc) is 2.83. The van der Waals surface area contributed by atoms with Gasteiger partial charge in [0.25, 0.3) is 0 Å². The molecule has 128 valence electrons. The van der Waals surface area contributed by atoms with Crippen LogP contribution in [-0.2, 0) is 0 Å². The van der Waals surface area contributed by atoms with Gasteiger partial charge in [0.15, 0.2) is 0 Å². The summed E-state index contributed by atoms with van der Waals surface area (Å²) in [6.07, 6.45) is 14.3. The Morgan fingerprint density at radius 3 is 2.23 bits per heavy atom. The van der Waals surface area contributed by atoms with Crippen LogP contribution in [0.4, 0.5) is 0 Å². The summed E-state index contributed by atoms with van der Waals surface area (Å²) in [5, 5.41) is 0.461. The molecule has 0 heterocycles. The van der Waals surface area contributed by atoms with Crippen molar-refractivity contribution in [2.75, 3.05) is 0 Å². The van der Waals surface area contributed by atoms with Crippen LogP contribution in [-0.4, -0.2) is 15.7 Å². The molecule has 0 nitrogen and oxygen atoms in total. The molecule has 0 saturated heterocycles. The van der Waals surface area contributed by atoms with E-state index < -0.39 is 0 Å². The maximum absolute atomic E-state index is 2.58. The molecule has 1 aliphatic carbocycles. The van der Waals surface area contributed by atoms with Crippen molar-refractivity contribution in [1.82, 2.24) is 0 Å². The van der Waals surface area contributed by atoms with Crippen LogP contribution in [0, 0.1) is 23.2 Å². The van der Waals surface area contributed by atoms with E-state index in [9.17, 15) is 0 Å². The van der Waals surface area contributed by atoms with E-state index in [1.807, 2.05) is 0 Å². The van der Waals surface area contributed by atoms with Gasteiger partial charge in [-0.15, -0.1) is 0 Å². The average molecular weight is 304 g/mol. The minimum atomic E-state index is 0.461. The first kappa shape index (κ1) is 20.2. The summed E-state index contributed by atoms with van der Waals surface area (Å²) in [5.41, 5.74) is 0.465. The van der Waals surface area contributed by atoms with E-state index in [0.717, 1.165) is 17.8 Å². The van der Waals surface area contributed by atoms with Crippen molar-refractivity contribution in [3.8, 4) is 0 Å². The molecule has 0 aromatic carbocycles. The molecule has 1 fully saturated rings. The molecule has 0 bridgehead atoms. The second-order valence-electron chi connectivity index (χ2n) is 9.57. The highest BCUT2D eigenvalue weighted by Crippen LogP contribution is 2.53. The fraction of sp³-hybridized carbons (Fsp3) is 1.00. The molecular weight excluding hydrogens is 262 g/mol. The van der Waals surface area contributed by atoms with Gasteiger partial charge in [0.05, 0.1) is 0 Å². The van der Waals surface area contributed by atoms with Gasteiger partial charge in [-0.1, -0.05) is 84.8 Å². The van der Waals surface area contributed by atoms with Gasteiger partial charge in [0.1, 0.15) is 15.7 Å². The monoisotopic (exact) mass is 304 g/mol. The Hall–Kier alpha value is 0.130. The lowest BCUT2D eigenvalue weighted by Gasteiger charge is -2.49. The lowest BCUT2D eigenvalue weighted by Crippen LogP contribution is -2.39. The van der Waals surface area contributed by atoms with Crippen LogP contribution in [0.3, 0.4) is 0 Å². The molecule has 3 atom stereocenters. The molecule has 2 heteroatoms. The molecule has 1 rings (SSSR count). The summed E-state index contributed by atoms with van der Waals surface area (Å²) in [6.45, 7) is 12.2. The largest absolute Gasteiger partial charge is 0.100 e. The van der Waals surface area contributed by atoms with Gasteiger partial charge in [-0.05, 0) is 42.4 Å². The fourth-order valence-corrected chi connectivity index (χ4v) is 4.75. The number of hydrogen-bond acceptors (Lipinski definition) is 0. The van der Waals surface area contributed by atoms with Crippen LogP contribution >= 0.6 is 0 Å². The van der Waals surface area contributed by atoms with Gasteiger partial charge in [-0.2, -0.15) is 0 Å². The lowest BCUT2D eigenvalue weighted by molar-refractivity contribution is 0.177. The first-order valence-electron chi connectivity index (χ1n) is 10.2. The molecule has 0 spiro atoms. The van der Waals surface area contributed by atoms with Crippen molar-refractivity contribution in [2.24, 2.45) is 23.2 Å². The maximum Gasteiger partial charge on any atom is 0.100 e. The first-order chi connectivity index (χ1) is 10.2. The van der Waals surface area contributed by atoms with Crippen molar-refractivity contribution in [2.45, 2.75) is 104 Å². The molecule has 0 aromatic heterocycles. The zero-order valence-corrected chi connectivity index (χ0v) is 16.8. The molecule has 0 aliphatic heterocycles. The third kappa shape index (κ3) is 5.34. The minimum absolute atomic E-state index is 0.461. The van der Waals surface area contributed by atoms with E-state index in [2.05, 4.69) is 50.3 Å². The quantitative estimate of drug-likeness (QED) is 0.383. The Labute approximate surface area is 143 Å². The van der Waals surface area contributed by atoms with Gasteiger partial charge in [-0.25, -0.2) is 0 Å². The summed E-state index contributed by atoms with van der Waals surface area (Å²) >= 11 is 0. The zero-order chi connectivity index (χ0) is 16.8. The Morgan fingerprint density at radius 2 is 1.73 bits per heavy atom. The van der Waals surface area contributed by atoms with E-state index in [4.69, 9.17) is 0 Å². The number of hydrogen-bond donors (Lipinski definition) is 0.